The number of hydrogen-bond acceptors (Lipinski definition) is 3. The average molecular weight is 439 g/mol. The van der Waals surface area contributed by atoms with Crippen molar-refractivity contribution in [3.63, 3.8) is 0 Å². The van der Waals surface area contributed by atoms with Gasteiger partial charge in [-0.1, -0.05) is 45.7 Å². The first-order valence-corrected chi connectivity index (χ1v) is 9.36. The number of rotatable bonds is 3. The van der Waals surface area contributed by atoms with Crippen LogP contribution in [0.3, 0.4) is 0 Å². The van der Waals surface area contributed by atoms with Crippen LogP contribution in [0.15, 0.2) is 77.4 Å². The van der Waals surface area contributed by atoms with E-state index < -0.39 is 0 Å². The molecule has 4 nitrogen and oxygen atoms in total. The third-order valence-corrected chi connectivity index (χ3v) is 4.90. The monoisotopic (exact) mass is 437 g/mol. The zero-order valence-electron chi connectivity index (χ0n) is 14.0. The summed E-state index contributed by atoms with van der Waals surface area (Å²) in [7, 11) is 0. The average Bonchev–Trinajstić information content (AvgIpc) is 2.70. The molecule has 1 amide bonds. The lowest BCUT2D eigenvalue weighted by atomic mass is 10.1. The molecule has 0 saturated heterocycles. The van der Waals surface area contributed by atoms with E-state index in [0.29, 0.717) is 38.6 Å². The van der Waals surface area contributed by atoms with Gasteiger partial charge in [0, 0.05) is 21.7 Å². The van der Waals surface area contributed by atoms with Crippen LogP contribution in [0.2, 0.25) is 5.02 Å². The quantitative estimate of drug-likeness (QED) is 0.429. The van der Waals surface area contributed by atoms with Crippen molar-refractivity contribution >= 4 is 50.0 Å². The molecule has 0 atom stereocenters. The fourth-order valence-corrected chi connectivity index (χ4v) is 3.26. The SMILES string of the molecule is O=C(Nc1ccc(Br)cc1)c1cc(-c2ccccn2)nc2c(Cl)cccc12. The Bertz CT molecular complexity index is 1130. The van der Waals surface area contributed by atoms with E-state index in [4.69, 9.17) is 11.6 Å². The highest BCUT2D eigenvalue weighted by Gasteiger charge is 2.16. The molecule has 2 aromatic heterocycles. The van der Waals surface area contributed by atoms with Gasteiger partial charge in [0.25, 0.3) is 5.91 Å². The summed E-state index contributed by atoms with van der Waals surface area (Å²) in [6.45, 7) is 0. The molecule has 1 N–H and O–H groups in total. The third-order valence-electron chi connectivity index (χ3n) is 4.06. The Labute approximate surface area is 169 Å². The van der Waals surface area contributed by atoms with Crippen molar-refractivity contribution in [1.29, 1.82) is 0 Å². The van der Waals surface area contributed by atoms with E-state index in [1.165, 1.54) is 0 Å². The van der Waals surface area contributed by atoms with Crippen molar-refractivity contribution in [3.05, 3.63) is 88.0 Å². The first-order valence-electron chi connectivity index (χ1n) is 8.19. The van der Waals surface area contributed by atoms with Gasteiger partial charge in [0.05, 0.1) is 27.5 Å². The van der Waals surface area contributed by atoms with Crippen molar-refractivity contribution in [1.82, 2.24) is 9.97 Å². The summed E-state index contributed by atoms with van der Waals surface area (Å²) >= 11 is 9.74. The number of hydrogen-bond donors (Lipinski definition) is 1. The highest BCUT2D eigenvalue weighted by Crippen LogP contribution is 2.29. The van der Waals surface area contributed by atoms with Crippen LogP contribution < -0.4 is 5.32 Å². The maximum atomic E-state index is 13.0. The summed E-state index contributed by atoms with van der Waals surface area (Å²) in [5.74, 6) is -0.232. The number of pyridine rings is 2. The van der Waals surface area contributed by atoms with E-state index >= 15 is 0 Å². The zero-order chi connectivity index (χ0) is 18.8. The molecule has 2 aromatic carbocycles. The van der Waals surface area contributed by atoms with Gasteiger partial charge in [-0.25, -0.2) is 4.98 Å². The lowest BCUT2D eigenvalue weighted by molar-refractivity contribution is 0.102. The molecule has 0 radical (unpaired) electrons. The molecule has 0 spiro atoms. The molecule has 0 aliphatic rings. The van der Waals surface area contributed by atoms with Crippen molar-refractivity contribution in [3.8, 4) is 11.4 Å². The first kappa shape index (κ1) is 17.6. The Balaban J connectivity index is 1.84. The molecule has 27 heavy (non-hydrogen) atoms. The minimum Gasteiger partial charge on any atom is -0.322 e. The second-order valence-corrected chi connectivity index (χ2v) is 7.19. The fourth-order valence-electron chi connectivity index (χ4n) is 2.78. The second-order valence-electron chi connectivity index (χ2n) is 5.87. The van der Waals surface area contributed by atoms with Crippen molar-refractivity contribution in [2.45, 2.75) is 0 Å². The van der Waals surface area contributed by atoms with Crippen molar-refractivity contribution in [2.24, 2.45) is 0 Å². The van der Waals surface area contributed by atoms with E-state index in [9.17, 15) is 4.79 Å². The number of anilines is 1. The Morgan fingerprint density at radius 3 is 2.52 bits per heavy atom. The van der Waals surface area contributed by atoms with Crippen molar-refractivity contribution < 1.29 is 4.79 Å². The van der Waals surface area contributed by atoms with Crippen LogP contribution in [-0.2, 0) is 0 Å². The van der Waals surface area contributed by atoms with Gasteiger partial charge in [0.15, 0.2) is 0 Å². The van der Waals surface area contributed by atoms with Gasteiger partial charge in [0.1, 0.15) is 0 Å². The molecule has 0 saturated carbocycles. The van der Waals surface area contributed by atoms with E-state index in [0.717, 1.165) is 4.47 Å². The number of halogens is 2. The molecule has 6 heteroatoms. The van der Waals surface area contributed by atoms with E-state index in [2.05, 4.69) is 31.2 Å². The number of fused-ring (bicyclic) bond motifs is 1. The minimum atomic E-state index is -0.232. The molecule has 4 aromatic rings. The minimum absolute atomic E-state index is 0.232. The van der Waals surface area contributed by atoms with Crippen LogP contribution in [0.25, 0.3) is 22.3 Å². The van der Waals surface area contributed by atoms with Crippen LogP contribution in [-0.4, -0.2) is 15.9 Å². The van der Waals surface area contributed by atoms with Gasteiger partial charge in [-0.2, -0.15) is 0 Å². The summed E-state index contributed by atoms with van der Waals surface area (Å²) in [5.41, 5.74) is 3.04. The van der Waals surface area contributed by atoms with Crippen molar-refractivity contribution in [2.75, 3.05) is 5.32 Å². The summed E-state index contributed by atoms with van der Waals surface area (Å²) in [6.07, 6.45) is 1.69. The highest BCUT2D eigenvalue weighted by atomic mass is 79.9. The molecule has 2 heterocycles. The number of para-hydroxylation sites is 1. The number of nitrogens with zero attached hydrogens (tertiary/aromatic N) is 2. The van der Waals surface area contributed by atoms with Gasteiger partial charge in [-0.3, -0.25) is 9.78 Å². The Morgan fingerprint density at radius 1 is 0.963 bits per heavy atom. The third kappa shape index (κ3) is 3.70. The van der Waals surface area contributed by atoms with Crippen LogP contribution in [0, 0.1) is 0 Å². The summed E-state index contributed by atoms with van der Waals surface area (Å²) in [4.78, 5) is 22.0. The topological polar surface area (TPSA) is 54.9 Å². The summed E-state index contributed by atoms with van der Waals surface area (Å²) in [5, 5.41) is 4.11. The van der Waals surface area contributed by atoms with Gasteiger partial charge >= 0.3 is 0 Å². The molecule has 0 aliphatic heterocycles. The smallest absolute Gasteiger partial charge is 0.256 e. The molecular weight excluding hydrogens is 426 g/mol. The summed E-state index contributed by atoms with van der Waals surface area (Å²) in [6, 6.07) is 20.1. The predicted molar refractivity (Wildman–Crippen MR) is 112 cm³/mol. The normalized spacial score (nSPS) is 10.7. The first-order chi connectivity index (χ1) is 13.1. The predicted octanol–water partition coefficient (Wildman–Crippen LogP) is 5.97. The Morgan fingerprint density at radius 2 is 1.78 bits per heavy atom. The van der Waals surface area contributed by atoms with Crippen LogP contribution >= 0.6 is 27.5 Å². The molecule has 0 bridgehead atoms. The number of benzene rings is 2. The number of nitrogens with one attached hydrogen (secondary N) is 1. The molecule has 0 fully saturated rings. The molecule has 4 rings (SSSR count). The van der Waals surface area contributed by atoms with E-state index in [1.807, 2.05) is 54.6 Å². The van der Waals surface area contributed by atoms with Crippen LogP contribution in [0.1, 0.15) is 10.4 Å². The van der Waals surface area contributed by atoms with Gasteiger partial charge in [-0.15, -0.1) is 0 Å². The lowest BCUT2D eigenvalue weighted by Gasteiger charge is -2.11. The summed E-state index contributed by atoms with van der Waals surface area (Å²) < 4.78 is 0.944. The van der Waals surface area contributed by atoms with Gasteiger partial charge in [-0.05, 0) is 48.5 Å². The number of carbonyl (C=O) groups excluding carboxylic acids is 1. The Kier molecular flexibility index (Phi) is 4.88. The standard InChI is InChI=1S/C21H13BrClN3O/c22-13-7-9-14(10-8-13)25-21(27)16-12-19(18-6-1-2-11-24-18)26-20-15(16)4-3-5-17(20)23/h1-12H,(H,25,27). The largest absolute Gasteiger partial charge is 0.322 e. The molecular formula is C21H13BrClN3O. The van der Waals surface area contributed by atoms with Gasteiger partial charge in [0.2, 0.25) is 0 Å². The lowest BCUT2D eigenvalue weighted by Crippen LogP contribution is -2.13. The number of amides is 1. The van der Waals surface area contributed by atoms with E-state index in [-0.39, 0.29) is 5.91 Å². The molecule has 0 unspecified atom stereocenters. The fraction of sp³-hybridized carbons (Fsp3) is 0. The molecule has 132 valence electrons. The number of carbonyl (C=O) groups is 1. The van der Waals surface area contributed by atoms with Gasteiger partial charge < -0.3 is 5.32 Å². The Hall–Kier alpha value is -2.76. The zero-order valence-corrected chi connectivity index (χ0v) is 16.3. The highest BCUT2D eigenvalue weighted by molar-refractivity contribution is 9.10. The second kappa shape index (κ2) is 7.47. The molecule has 0 aliphatic carbocycles. The van der Waals surface area contributed by atoms with Crippen LogP contribution in [0.5, 0.6) is 0 Å². The maximum Gasteiger partial charge on any atom is 0.256 e. The van der Waals surface area contributed by atoms with E-state index in [1.54, 1.807) is 18.3 Å². The van der Waals surface area contributed by atoms with Crippen LogP contribution in [0.4, 0.5) is 5.69 Å². The maximum absolute atomic E-state index is 13.0. The number of aromatic nitrogens is 2.